The molecule has 1 aromatic carbocycles. The fourth-order valence-electron chi connectivity index (χ4n) is 3.60. The Labute approximate surface area is 172 Å². The van der Waals surface area contributed by atoms with Gasteiger partial charge in [0.15, 0.2) is 0 Å². The van der Waals surface area contributed by atoms with E-state index in [1.807, 2.05) is 40.7 Å². The molecular weight excluding hydrogens is 390 g/mol. The molecule has 0 aliphatic carbocycles. The lowest BCUT2D eigenvalue weighted by molar-refractivity contribution is 0.0188. The largest absolute Gasteiger partial charge is 0.444 e. The number of amides is 1. The first-order valence-corrected chi connectivity index (χ1v) is 11.3. The van der Waals surface area contributed by atoms with E-state index in [-0.39, 0.29) is 17.5 Å². The third kappa shape index (κ3) is 4.53. The van der Waals surface area contributed by atoms with Gasteiger partial charge in [0, 0.05) is 48.8 Å². The van der Waals surface area contributed by atoms with Crippen LogP contribution in [0.3, 0.4) is 0 Å². The number of hydrogen-bond donors (Lipinski definition) is 0. The molecule has 1 aliphatic heterocycles. The van der Waals surface area contributed by atoms with Crippen molar-refractivity contribution in [2.45, 2.75) is 57.6 Å². The van der Waals surface area contributed by atoms with Crippen LogP contribution in [0, 0.1) is 6.92 Å². The Morgan fingerprint density at radius 3 is 2.59 bits per heavy atom. The Kier molecular flexibility index (Phi) is 5.87. The van der Waals surface area contributed by atoms with Crippen molar-refractivity contribution in [1.29, 1.82) is 0 Å². The van der Waals surface area contributed by atoms with Gasteiger partial charge in [-0.3, -0.25) is 4.98 Å². The van der Waals surface area contributed by atoms with E-state index in [1.165, 1.54) is 4.31 Å². The first-order chi connectivity index (χ1) is 13.5. The van der Waals surface area contributed by atoms with E-state index in [0.717, 1.165) is 10.9 Å². The van der Waals surface area contributed by atoms with E-state index in [0.29, 0.717) is 24.9 Å². The highest BCUT2D eigenvalue weighted by molar-refractivity contribution is 7.89. The monoisotopic (exact) mass is 419 g/mol. The van der Waals surface area contributed by atoms with Crippen LogP contribution in [0.1, 0.15) is 39.7 Å². The third-order valence-electron chi connectivity index (χ3n) is 5.10. The van der Waals surface area contributed by atoms with Gasteiger partial charge >= 0.3 is 6.09 Å². The maximum Gasteiger partial charge on any atom is 0.410 e. The van der Waals surface area contributed by atoms with Gasteiger partial charge in [0.25, 0.3) is 0 Å². The van der Waals surface area contributed by atoms with Gasteiger partial charge in [0.05, 0.1) is 4.90 Å². The lowest BCUT2D eigenvalue weighted by Gasteiger charge is -2.30. The zero-order chi connectivity index (χ0) is 21.4. The SMILES string of the molecule is Cc1cncc2cccc(S(=O)(=O)N3CCC(C)N(C(=O)OC(C)(C)C)CC3)c12. The number of aryl methyl sites for hydroxylation is 1. The first kappa shape index (κ1) is 21.5. The molecule has 3 rings (SSSR count). The van der Waals surface area contributed by atoms with Crippen LogP contribution in [0.15, 0.2) is 35.5 Å². The maximum absolute atomic E-state index is 13.5. The lowest BCUT2D eigenvalue weighted by atomic mass is 10.1. The molecular formula is C21H29N3O4S. The number of ether oxygens (including phenoxy) is 1. The van der Waals surface area contributed by atoms with Gasteiger partial charge < -0.3 is 9.64 Å². The summed E-state index contributed by atoms with van der Waals surface area (Å²) >= 11 is 0. The van der Waals surface area contributed by atoms with Crippen molar-refractivity contribution in [2.75, 3.05) is 19.6 Å². The van der Waals surface area contributed by atoms with Gasteiger partial charge in [-0.15, -0.1) is 0 Å². The molecule has 1 atom stereocenters. The van der Waals surface area contributed by atoms with Crippen LogP contribution in [-0.4, -0.2) is 60.0 Å². The van der Waals surface area contributed by atoms with Crippen LogP contribution >= 0.6 is 0 Å². The quantitative estimate of drug-likeness (QED) is 0.744. The number of carbonyl (C=O) groups is 1. The second kappa shape index (κ2) is 7.91. The van der Waals surface area contributed by atoms with Gasteiger partial charge in [0.2, 0.25) is 10.0 Å². The summed E-state index contributed by atoms with van der Waals surface area (Å²) in [6.07, 6.45) is 3.49. The Bertz CT molecular complexity index is 1010. The molecule has 1 aromatic heterocycles. The van der Waals surface area contributed by atoms with Gasteiger partial charge in [-0.1, -0.05) is 12.1 Å². The number of hydrogen-bond acceptors (Lipinski definition) is 5. The zero-order valence-electron chi connectivity index (χ0n) is 17.7. The normalized spacial score (nSPS) is 19.2. The van der Waals surface area contributed by atoms with E-state index >= 15 is 0 Å². The predicted molar refractivity (Wildman–Crippen MR) is 112 cm³/mol. The van der Waals surface area contributed by atoms with Crippen molar-refractivity contribution in [1.82, 2.24) is 14.2 Å². The summed E-state index contributed by atoms with van der Waals surface area (Å²) in [4.78, 5) is 18.6. The number of fused-ring (bicyclic) bond motifs is 1. The predicted octanol–water partition coefficient (Wildman–Crippen LogP) is 3.56. The zero-order valence-corrected chi connectivity index (χ0v) is 18.5. The van der Waals surface area contributed by atoms with E-state index in [2.05, 4.69) is 4.98 Å². The molecule has 1 saturated heterocycles. The molecule has 2 aromatic rings. The van der Waals surface area contributed by atoms with Crippen LogP contribution in [0.25, 0.3) is 10.8 Å². The van der Waals surface area contributed by atoms with E-state index in [9.17, 15) is 13.2 Å². The maximum atomic E-state index is 13.5. The van der Waals surface area contributed by atoms with E-state index < -0.39 is 21.7 Å². The molecule has 2 heterocycles. The van der Waals surface area contributed by atoms with Crippen LogP contribution in [0.5, 0.6) is 0 Å². The van der Waals surface area contributed by atoms with Crippen LogP contribution < -0.4 is 0 Å². The molecule has 0 bridgehead atoms. The fraction of sp³-hybridized carbons (Fsp3) is 0.524. The molecule has 1 amide bonds. The van der Waals surface area contributed by atoms with Crippen molar-refractivity contribution in [3.8, 4) is 0 Å². The van der Waals surface area contributed by atoms with Crippen molar-refractivity contribution < 1.29 is 17.9 Å². The number of benzene rings is 1. The van der Waals surface area contributed by atoms with Crippen LogP contribution in [0.4, 0.5) is 4.79 Å². The second-order valence-electron chi connectivity index (χ2n) is 8.53. The molecule has 0 N–H and O–H groups in total. The molecule has 1 fully saturated rings. The van der Waals surface area contributed by atoms with E-state index in [4.69, 9.17) is 4.74 Å². The minimum absolute atomic E-state index is 0.108. The summed E-state index contributed by atoms with van der Waals surface area (Å²) in [7, 11) is -3.72. The topological polar surface area (TPSA) is 79.8 Å². The number of nitrogens with zero attached hydrogens (tertiary/aromatic N) is 3. The van der Waals surface area contributed by atoms with Gasteiger partial charge in [-0.05, 0) is 52.7 Å². The summed E-state index contributed by atoms with van der Waals surface area (Å²) < 4.78 is 33.9. The highest BCUT2D eigenvalue weighted by Gasteiger charge is 2.34. The van der Waals surface area contributed by atoms with Gasteiger partial charge in [-0.2, -0.15) is 4.31 Å². The highest BCUT2D eigenvalue weighted by atomic mass is 32.2. The third-order valence-corrected chi connectivity index (χ3v) is 7.04. The molecule has 29 heavy (non-hydrogen) atoms. The fourth-order valence-corrected chi connectivity index (χ4v) is 5.33. The molecule has 1 aliphatic rings. The van der Waals surface area contributed by atoms with Crippen molar-refractivity contribution in [3.63, 3.8) is 0 Å². The van der Waals surface area contributed by atoms with Crippen LogP contribution in [-0.2, 0) is 14.8 Å². The molecule has 0 saturated carbocycles. The van der Waals surface area contributed by atoms with Crippen molar-refractivity contribution in [3.05, 3.63) is 36.2 Å². The number of pyridine rings is 1. The highest BCUT2D eigenvalue weighted by Crippen LogP contribution is 2.29. The van der Waals surface area contributed by atoms with Gasteiger partial charge in [0.1, 0.15) is 5.60 Å². The Morgan fingerprint density at radius 1 is 1.17 bits per heavy atom. The van der Waals surface area contributed by atoms with Crippen molar-refractivity contribution >= 4 is 26.9 Å². The molecule has 1 unspecified atom stereocenters. The smallest absolute Gasteiger partial charge is 0.410 e. The number of sulfonamides is 1. The summed E-state index contributed by atoms with van der Waals surface area (Å²) in [6, 6.07) is 5.14. The second-order valence-corrected chi connectivity index (χ2v) is 10.4. The first-order valence-electron chi connectivity index (χ1n) is 9.84. The molecule has 7 nitrogen and oxygen atoms in total. The standard InChI is InChI=1S/C21H29N3O4S/c1-15-13-22-14-17-7-6-8-18(19(15)17)29(26,27)23-10-9-16(2)24(12-11-23)20(25)28-21(3,4)5/h6-8,13-14,16H,9-12H2,1-5H3. The summed E-state index contributed by atoms with van der Waals surface area (Å²) in [5, 5.41) is 1.49. The minimum Gasteiger partial charge on any atom is -0.444 e. The summed E-state index contributed by atoms with van der Waals surface area (Å²) in [5.41, 5.74) is 0.226. The van der Waals surface area contributed by atoms with Gasteiger partial charge in [-0.25, -0.2) is 13.2 Å². The average molecular weight is 420 g/mol. The number of carbonyl (C=O) groups excluding carboxylic acids is 1. The Balaban J connectivity index is 1.89. The molecule has 8 heteroatoms. The number of rotatable bonds is 2. The lowest BCUT2D eigenvalue weighted by Crippen LogP contribution is -2.43. The molecule has 158 valence electrons. The average Bonchev–Trinajstić information content (AvgIpc) is 2.82. The summed E-state index contributed by atoms with van der Waals surface area (Å²) in [6.45, 7) is 10.1. The summed E-state index contributed by atoms with van der Waals surface area (Å²) in [5.74, 6) is 0. The van der Waals surface area contributed by atoms with E-state index in [1.54, 1.807) is 29.4 Å². The van der Waals surface area contributed by atoms with Crippen molar-refractivity contribution in [2.24, 2.45) is 0 Å². The Morgan fingerprint density at radius 2 is 1.90 bits per heavy atom. The Hall–Kier alpha value is -2.19. The number of aromatic nitrogens is 1. The molecule has 0 radical (unpaired) electrons. The minimum atomic E-state index is -3.72. The van der Waals surface area contributed by atoms with Crippen LogP contribution in [0.2, 0.25) is 0 Å². The molecule has 0 spiro atoms.